The van der Waals surface area contributed by atoms with Crippen LogP contribution in [0.1, 0.15) is 62.5 Å². The summed E-state index contributed by atoms with van der Waals surface area (Å²) in [5.74, 6) is 0.513. The van der Waals surface area contributed by atoms with Gasteiger partial charge in [-0.3, -0.25) is 19.5 Å². The lowest BCUT2D eigenvalue weighted by Gasteiger charge is -2.57. The fraction of sp³-hybridized carbons (Fsp3) is 0.517. The van der Waals surface area contributed by atoms with E-state index in [9.17, 15) is 0 Å². The smallest absolute Gasteiger partial charge is 0.153 e. The van der Waals surface area contributed by atoms with Gasteiger partial charge in [0.25, 0.3) is 0 Å². The maximum atomic E-state index is 17.4. The number of carbonyl (C=O) groups excluding carboxylic acids is 1. The van der Waals surface area contributed by atoms with E-state index in [4.69, 9.17) is 21.1 Å². The van der Waals surface area contributed by atoms with Crippen LogP contribution in [0.4, 0.5) is 8.78 Å². The second kappa shape index (κ2) is 20.3. The number of piperidine rings is 1. The van der Waals surface area contributed by atoms with Gasteiger partial charge in [-0.2, -0.15) is 0 Å². The highest BCUT2D eigenvalue weighted by atomic mass is 35.5. The lowest BCUT2D eigenvalue weighted by molar-refractivity contribution is -0.154. The molecule has 0 amide bonds. The average molecular weight is 1000 g/mol. The van der Waals surface area contributed by atoms with Crippen molar-refractivity contribution in [3.63, 3.8) is 0 Å². The number of Topliss-reactive ketones (excluding diaryl/α,β-unsaturated/α-hetero) is 1. The molecule has 1 spiro atoms. The molecule has 4 aliphatic heterocycles. The number of hydrogen-bond donors (Lipinski definition) is 2. The van der Waals surface area contributed by atoms with Crippen LogP contribution in [0, 0.1) is 28.4 Å². The van der Waals surface area contributed by atoms with E-state index in [0.29, 0.717) is 36.1 Å². The molecular formula is C58H73ClF2N8O3. The number of likely N-dealkylation sites (N-methyl/N-ethyl adjacent to an activating group) is 2. The Bertz CT molecular complexity index is 2730. The maximum Gasteiger partial charge on any atom is 0.153 e. The molecular weight excluding hydrogens is 930 g/mol. The van der Waals surface area contributed by atoms with Crippen LogP contribution in [-0.4, -0.2) is 138 Å². The van der Waals surface area contributed by atoms with Crippen molar-refractivity contribution in [1.29, 1.82) is 0 Å². The summed E-state index contributed by atoms with van der Waals surface area (Å²) in [7, 11) is 12.2. The molecule has 5 aliphatic rings. The van der Waals surface area contributed by atoms with Crippen LogP contribution in [-0.2, 0) is 42.5 Å². The van der Waals surface area contributed by atoms with Gasteiger partial charge in [-0.25, -0.2) is 13.8 Å². The number of methoxy groups -OCH3 is 1. The lowest BCUT2D eigenvalue weighted by atomic mass is 9.54. The average Bonchev–Trinajstić information content (AvgIpc) is 4.00. The largest absolute Gasteiger partial charge is 0.457 e. The number of ether oxygens (including phenoxy) is 2. The molecule has 1 aromatic heterocycles. The van der Waals surface area contributed by atoms with Gasteiger partial charge in [0.05, 0.1) is 35.9 Å². The lowest BCUT2D eigenvalue weighted by Crippen LogP contribution is -2.73. The van der Waals surface area contributed by atoms with Crippen molar-refractivity contribution >= 4 is 17.4 Å². The van der Waals surface area contributed by atoms with E-state index in [1.807, 2.05) is 63.7 Å². The topological polar surface area (TPSA) is 90.4 Å². The number of hydrogen-bond acceptors (Lipinski definition) is 10. The van der Waals surface area contributed by atoms with Gasteiger partial charge >= 0.3 is 0 Å². The summed E-state index contributed by atoms with van der Waals surface area (Å²) in [5, 5.41) is 8.98. The molecule has 12 atom stereocenters. The van der Waals surface area contributed by atoms with Crippen molar-refractivity contribution in [3.8, 4) is 22.8 Å². The second-order valence-corrected chi connectivity index (χ2v) is 22.5. The zero-order chi connectivity index (χ0) is 50.8. The third-order valence-corrected chi connectivity index (χ3v) is 18.3. The van der Waals surface area contributed by atoms with Crippen LogP contribution in [0.3, 0.4) is 0 Å². The quantitative estimate of drug-likeness (QED) is 0.113. The fourth-order valence-electron chi connectivity index (χ4n) is 14.8. The van der Waals surface area contributed by atoms with Crippen LogP contribution in [0.5, 0.6) is 11.5 Å². The minimum absolute atomic E-state index is 0.0974. The highest BCUT2D eigenvalue weighted by molar-refractivity contribution is 6.30. The molecule has 1 aliphatic carbocycles. The molecule has 2 N–H and O–H groups in total. The molecule has 5 heterocycles. The van der Waals surface area contributed by atoms with E-state index in [-0.39, 0.29) is 78.2 Å². The van der Waals surface area contributed by atoms with Gasteiger partial charge in [0, 0.05) is 110 Å². The molecule has 0 radical (unpaired) electrons. The third-order valence-electron chi connectivity index (χ3n) is 18.0. The Morgan fingerprint density at radius 2 is 1.62 bits per heavy atom. The Hall–Kier alpha value is -4.57. The van der Waals surface area contributed by atoms with Crippen LogP contribution in [0.15, 0.2) is 97.2 Å². The minimum Gasteiger partial charge on any atom is -0.457 e. The molecule has 384 valence electrons. The van der Waals surface area contributed by atoms with E-state index in [2.05, 4.69) is 117 Å². The number of nitrogens with zero attached hydrogens (tertiary/aromatic N) is 6. The number of benzene rings is 4. The molecule has 14 heteroatoms. The van der Waals surface area contributed by atoms with Gasteiger partial charge in [0.2, 0.25) is 0 Å². The van der Waals surface area contributed by atoms with Crippen LogP contribution in [0.2, 0.25) is 5.02 Å². The monoisotopic (exact) mass is 1000 g/mol. The van der Waals surface area contributed by atoms with Crippen molar-refractivity contribution in [2.75, 3.05) is 48.5 Å². The summed E-state index contributed by atoms with van der Waals surface area (Å²) in [5.41, 5.74) is 2.80. The number of ketones is 1. The Kier molecular flexibility index (Phi) is 14.3. The maximum absolute atomic E-state index is 17.4. The van der Waals surface area contributed by atoms with Gasteiger partial charge in [-0.15, -0.1) is 0 Å². The summed E-state index contributed by atoms with van der Waals surface area (Å²) in [6.07, 6.45) is 5.55. The van der Waals surface area contributed by atoms with Crippen LogP contribution >= 0.6 is 11.6 Å². The molecule has 2 bridgehead atoms. The van der Waals surface area contributed by atoms with E-state index in [1.165, 1.54) is 17.2 Å². The molecule has 4 saturated heterocycles. The Morgan fingerprint density at radius 3 is 2.32 bits per heavy atom. The zero-order valence-electron chi connectivity index (χ0n) is 43.4. The summed E-state index contributed by atoms with van der Waals surface area (Å²) in [4.78, 5) is 31.6. The third kappa shape index (κ3) is 8.63. The second-order valence-electron chi connectivity index (χ2n) is 22.1. The van der Waals surface area contributed by atoms with E-state index in [0.717, 1.165) is 55.4 Å². The number of imidazole rings is 1. The molecule has 72 heavy (non-hydrogen) atoms. The zero-order valence-corrected chi connectivity index (χ0v) is 44.2. The molecule has 5 fully saturated rings. The predicted molar refractivity (Wildman–Crippen MR) is 280 cm³/mol. The number of carbonyl (C=O) groups is 1. The van der Waals surface area contributed by atoms with Crippen molar-refractivity contribution < 1.29 is 23.0 Å². The Balaban J connectivity index is 1.10. The SMILES string of the molecule is CCC12C(=O)C34C5C[C@H](Cc6ccc(Cl)cc6)N(C)C3[C@@H](COC)NC4[C@H](C)N(Cc3c(F)cc(F)cc3Oc3ccc(-c4cnc(CN(C)C)n4C)cc3)C1C[C@@H](Cc1ccccc1)C2N(C)[C@@H](C)CN5. The summed E-state index contributed by atoms with van der Waals surface area (Å²) in [6, 6.07) is 27.2. The molecule has 4 aromatic carbocycles. The van der Waals surface area contributed by atoms with E-state index >= 15 is 13.6 Å². The predicted octanol–water partition coefficient (Wildman–Crippen LogP) is 8.62. The van der Waals surface area contributed by atoms with Gasteiger partial charge in [-0.05, 0) is 128 Å². The van der Waals surface area contributed by atoms with E-state index in [1.54, 1.807) is 7.11 Å². The number of likely N-dealkylation sites (tertiary alicyclic amines) is 2. The summed E-state index contributed by atoms with van der Waals surface area (Å²) < 4.78 is 47.4. The highest BCUT2D eigenvalue weighted by Gasteiger charge is 2.77. The number of rotatable bonds is 14. The standard InChI is InChI=1S/C58H73ClF2N8O3/c1-10-57-51-26-40(24-37-14-12-11-13-15-37)54(57)66(6)35(2)30-62-50-29-43(25-38-16-20-41(59)21-17-38)67(7)55-47(34-71-9)64-53(58(50,55)56(57)70)36(3)69(51)32-45-46(61)27-42(60)28-49(45)72-44-22-18-39(19-23-44)48-31-63-52(68(48)8)33-65(4)5/h11-23,27-28,31,35-36,40,43,47,50-51,53-55,62,64H,10,24-26,29-30,32-34H2,1-9H3/t35-,36-,40+,43-,47+,50?,51?,53?,54?,55?,57?,58?/m0/s1. The number of nitrogens with one attached hydrogen (secondary N) is 2. The van der Waals surface area contributed by atoms with Gasteiger partial charge < -0.3 is 29.6 Å². The first-order valence-corrected chi connectivity index (χ1v) is 26.4. The Labute approximate surface area is 430 Å². The summed E-state index contributed by atoms with van der Waals surface area (Å²) in [6.45, 7) is 8.69. The first-order chi connectivity index (χ1) is 34.6. The number of aromatic nitrogens is 2. The first-order valence-electron chi connectivity index (χ1n) is 26.0. The fourth-order valence-corrected chi connectivity index (χ4v) is 14.9. The Morgan fingerprint density at radius 1 is 0.903 bits per heavy atom. The molecule has 10 rings (SSSR count). The highest BCUT2D eigenvalue weighted by Crippen LogP contribution is 2.63. The van der Waals surface area contributed by atoms with Crippen molar-refractivity contribution in [1.82, 2.24) is 39.8 Å². The van der Waals surface area contributed by atoms with Crippen LogP contribution in [0.25, 0.3) is 11.3 Å². The number of halogens is 3. The normalized spacial score (nSPS) is 31.8. The molecule has 1 saturated carbocycles. The van der Waals surface area contributed by atoms with Crippen LogP contribution < -0.4 is 15.4 Å². The summed E-state index contributed by atoms with van der Waals surface area (Å²) >= 11 is 6.39. The molecule has 11 nitrogen and oxygen atoms in total. The van der Waals surface area contributed by atoms with E-state index < -0.39 is 22.5 Å². The first kappa shape index (κ1) is 50.9. The van der Waals surface area contributed by atoms with Gasteiger partial charge in [-0.1, -0.05) is 61.0 Å². The molecule has 7 unspecified atom stereocenters. The minimum atomic E-state index is -0.912. The van der Waals surface area contributed by atoms with Crippen molar-refractivity contribution in [3.05, 3.63) is 136 Å². The van der Waals surface area contributed by atoms with Crippen molar-refractivity contribution in [2.45, 2.75) is 120 Å². The van der Waals surface area contributed by atoms with Crippen molar-refractivity contribution in [2.24, 2.45) is 23.8 Å². The van der Waals surface area contributed by atoms with Gasteiger partial charge in [0.15, 0.2) is 5.78 Å². The molecule has 5 aromatic rings. The van der Waals surface area contributed by atoms with Gasteiger partial charge in [0.1, 0.15) is 29.0 Å².